The monoisotopic (exact) mass is 193 g/mol. The van der Waals surface area contributed by atoms with E-state index in [0.29, 0.717) is 5.69 Å². The minimum absolute atomic E-state index is 0.112. The fraction of sp³-hybridized carbons (Fsp3) is 0.143. The van der Waals surface area contributed by atoms with Crippen molar-refractivity contribution in [2.75, 3.05) is 5.32 Å². The number of hydrogen-bond donors (Lipinski definition) is 2. The Kier molecular flexibility index (Phi) is 1.98. The number of carbonyl (C=O) groups is 1. The van der Waals surface area contributed by atoms with Gasteiger partial charge in [0.25, 0.3) is 5.91 Å². The fourth-order valence-corrected chi connectivity index (χ4v) is 0.883. The highest BCUT2D eigenvalue weighted by Crippen LogP contribution is 2.06. The molecule has 0 saturated heterocycles. The molecule has 0 aliphatic rings. The van der Waals surface area contributed by atoms with Gasteiger partial charge in [0.1, 0.15) is 12.6 Å². The normalized spacial score (nSPS) is 10.1. The van der Waals surface area contributed by atoms with Crippen LogP contribution in [0, 0.1) is 6.92 Å². The van der Waals surface area contributed by atoms with Gasteiger partial charge < -0.3 is 4.42 Å². The molecular formula is C7H7N5O2. The van der Waals surface area contributed by atoms with Crippen molar-refractivity contribution in [3.8, 4) is 0 Å². The largest absolute Gasteiger partial charge is 0.432 e. The van der Waals surface area contributed by atoms with Crippen LogP contribution in [0.1, 0.15) is 16.3 Å². The Morgan fingerprint density at radius 3 is 3.07 bits per heavy atom. The third-order valence-corrected chi connectivity index (χ3v) is 1.47. The first-order chi connectivity index (χ1) is 6.75. The third-order valence-electron chi connectivity index (χ3n) is 1.47. The molecule has 14 heavy (non-hydrogen) atoms. The summed E-state index contributed by atoms with van der Waals surface area (Å²) in [4.78, 5) is 18.9. The van der Waals surface area contributed by atoms with Crippen LogP contribution in [-0.4, -0.2) is 26.1 Å². The predicted octanol–water partition coefficient (Wildman–Crippen LogP) is 0.353. The molecule has 0 atom stereocenters. The van der Waals surface area contributed by atoms with Crippen LogP contribution in [0.25, 0.3) is 0 Å². The maximum absolute atomic E-state index is 11.3. The SMILES string of the molecule is Cc1coc(NC(=O)c2ncn[nH]2)n1. The first-order valence-electron chi connectivity index (χ1n) is 3.84. The van der Waals surface area contributed by atoms with Crippen molar-refractivity contribution in [1.82, 2.24) is 20.2 Å². The second kappa shape index (κ2) is 3.29. The number of anilines is 1. The summed E-state index contributed by atoms with van der Waals surface area (Å²) < 4.78 is 4.93. The molecule has 2 N–H and O–H groups in total. The topological polar surface area (TPSA) is 96.7 Å². The zero-order valence-corrected chi connectivity index (χ0v) is 7.31. The molecule has 0 bridgehead atoms. The number of carbonyl (C=O) groups excluding carboxylic acids is 1. The van der Waals surface area contributed by atoms with Gasteiger partial charge in [-0.2, -0.15) is 10.1 Å². The van der Waals surface area contributed by atoms with Crippen LogP contribution >= 0.6 is 0 Å². The van der Waals surface area contributed by atoms with E-state index in [1.165, 1.54) is 12.6 Å². The Balaban J connectivity index is 2.09. The summed E-state index contributed by atoms with van der Waals surface area (Å²) in [7, 11) is 0. The second-order valence-corrected chi connectivity index (χ2v) is 2.58. The van der Waals surface area contributed by atoms with Gasteiger partial charge >= 0.3 is 6.01 Å². The molecule has 2 aromatic heterocycles. The second-order valence-electron chi connectivity index (χ2n) is 2.58. The first kappa shape index (κ1) is 8.42. The lowest BCUT2D eigenvalue weighted by molar-refractivity contribution is 0.101. The van der Waals surface area contributed by atoms with Crippen LogP contribution in [0.4, 0.5) is 6.01 Å². The Labute approximate surface area is 78.6 Å². The first-order valence-corrected chi connectivity index (χ1v) is 3.84. The maximum atomic E-state index is 11.3. The number of aromatic amines is 1. The van der Waals surface area contributed by atoms with Crippen molar-refractivity contribution in [3.63, 3.8) is 0 Å². The van der Waals surface area contributed by atoms with E-state index in [4.69, 9.17) is 4.42 Å². The fourth-order valence-electron chi connectivity index (χ4n) is 0.883. The minimum atomic E-state index is -0.440. The highest BCUT2D eigenvalue weighted by atomic mass is 16.4. The van der Waals surface area contributed by atoms with Crippen LogP contribution in [0.3, 0.4) is 0 Å². The van der Waals surface area contributed by atoms with Gasteiger partial charge in [-0.25, -0.2) is 4.98 Å². The standard InChI is InChI=1S/C7H7N5O2/c1-4-2-14-7(10-4)11-6(13)5-8-3-9-12-5/h2-3H,1H3,(H,8,9,12)(H,10,11,13). The van der Waals surface area contributed by atoms with Crippen LogP contribution < -0.4 is 5.32 Å². The van der Waals surface area contributed by atoms with E-state index in [-0.39, 0.29) is 11.8 Å². The zero-order valence-electron chi connectivity index (χ0n) is 7.31. The molecule has 0 radical (unpaired) electrons. The third kappa shape index (κ3) is 1.60. The molecule has 1 amide bonds. The molecule has 0 aliphatic heterocycles. The van der Waals surface area contributed by atoms with Gasteiger partial charge in [-0.1, -0.05) is 0 Å². The number of H-pyrrole nitrogens is 1. The molecule has 0 unspecified atom stereocenters. The Morgan fingerprint density at radius 1 is 1.64 bits per heavy atom. The van der Waals surface area contributed by atoms with E-state index in [1.54, 1.807) is 6.92 Å². The smallest absolute Gasteiger partial charge is 0.301 e. The number of aryl methyl sites for hydroxylation is 1. The van der Waals surface area contributed by atoms with E-state index in [2.05, 4.69) is 25.5 Å². The number of amides is 1. The summed E-state index contributed by atoms with van der Waals surface area (Å²) in [5.41, 5.74) is 0.692. The molecule has 0 spiro atoms. The highest BCUT2D eigenvalue weighted by Gasteiger charge is 2.11. The van der Waals surface area contributed by atoms with E-state index >= 15 is 0 Å². The average molecular weight is 193 g/mol. The predicted molar refractivity (Wildman–Crippen MR) is 45.6 cm³/mol. The summed E-state index contributed by atoms with van der Waals surface area (Å²) in [5, 5.41) is 8.38. The maximum Gasteiger partial charge on any atom is 0.301 e. The molecule has 2 rings (SSSR count). The van der Waals surface area contributed by atoms with E-state index in [0.717, 1.165) is 0 Å². The molecule has 2 aromatic rings. The van der Waals surface area contributed by atoms with E-state index in [9.17, 15) is 4.79 Å². The Bertz CT molecular complexity index is 433. The molecule has 0 saturated carbocycles. The number of nitrogens with one attached hydrogen (secondary N) is 2. The lowest BCUT2D eigenvalue weighted by Crippen LogP contribution is -2.13. The molecule has 2 heterocycles. The van der Waals surface area contributed by atoms with Crippen molar-refractivity contribution in [3.05, 3.63) is 24.1 Å². The summed E-state index contributed by atoms with van der Waals surface area (Å²) in [6, 6.07) is 0.143. The number of aromatic nitrogens is 4. The van der Waals surface area contributed by atoms with Crippen molar-refractivity contribution in [2.24, 2.45) is 0 Å². The van der Waals surface area contributed by atoms with Crippen LogP contribution in [0.5, 0.6) is 0 Å². The quantitative estimate of drug-likeness (QED) is 0.717. The molecule has 7 heteroatoms. The number of nitrogens with zero attached hydrogens (tertiary/aromatic N) is 3. The molecule has 0 aromatic carbocycles. The molecular weight excluding hydrogens is 186 g/mol. The zero-order chi connectivity index (χ0) is 9.97. The summed E-state index contributed by atoms with van der Waals surface area (Å²) in [6.45, 7) is 1.76. The van der Waals surface area contributed by atoms with Crippen molar-refractivity contribution in [2.45, 2.75) is 6.92 Å². The molecule has 7 nitrogen and oxygen atoms in total. The summed E-state index contributed by atoms with van der Waals surface area (Å²) in [6.07, 6.45) is 2.69. The lowest BCUT2D eigenvalue weighted by Gasteiger charge is -1.94. The van der Waals surface area contributed by atoms with Gasteiger partial charge in [0.2, 0.25) is 5.82 Å². The molecule has 72 valence electrons. The summed E-state index contributed by atoms with van der Waals surface area (Å²) >= 11 is 0. The summed E-state index contributed by atoms with van der Waals surface area (Å²) in [5.74, 6) is -0.329. The Hall–Kier alpha value is -2.18. The van der Waals surface area contributed by atoms with Gasteiger partial charge in [-0.15, -0.1) is 0 Å². The number of oxazole rings is 1. The van der Waals surface area contributed by atoms with Gasteiger partial charge in [-0.05, 0) is 6.92 Å². The van der Waals surface area contributed by atoms with Crippen molar-refractivity contribution in [1.29, 1.82) is 0 Å². The van der Waals surface area contributed by atoms with Crippen LogP contribution in [-0.2, 0) is 0 Å². The van der Waals surface area contributed by atoms with Gasteiger partial charge in [0.15, 0.2) is 0 Å². The van der Waals surface area contributed by atoms with Gasteiger partial charge in [-0.3, -0.25) is 15.2 Å². The number of rotatable bonds is 2. The average Bonchev–Trinajstić information content (AvgIpc) is 2.75. The van der Waals surface area contributed by atoms with E-state index < -0.39 is 5.91 Å². The molecule has 0 fully saturated rings. The Morgan fingerprint density at radius 2 is 2.50 bits per heavy atom. The highest BCUT2D eigenvalue weighted by molar-refractivity contribution is 6.00. The van der Waals surface area contributed by atoms with Crippen LogP contribution in [0.15, 0.2) is 17.0 Å². The van der Waals surface area contributed by atoms with Gasteiger partial charge in [0.05, 0.1) is 5.69 Å². The minimum Gasteiger partial charge on any atom is -0.432 e. The molecule has 0 aliphatic carbocycles. The van der Waals surface area contributed by atoms with Gasteiger partial charge in [0, 0.05) is 0 Å². The van der Waals surface area contributed by atoms with Crippen LogP contribution in [0.2, 0.25) is 0 Å². The number of hydrogen-bond acceptors (Lipinski definition) is 5. The lowest BCUT2D eigenvalue weighted by atomic mass is 10.6. The van der Waals surface area contributed by atoms with E-state index in [1.807, 2.05) is 0 Å². The van der Waals surface area contributed by atoms with Crippen molar-refractivity contribution < 1.29 is 9.21 Å². The van der Waals surface area contributed by atoms with Crippen molar-refractivity contribution >= 4 is 11.9 Å².